The summed E-state index contributed by atoms with van der Waals surface area (Å²) in [6.45, 7) is 5.89. The first-order valence-corrected chi connectivity index (χ1v) is 7.68. The van der Waals surface area contributed by atoms with E-state index in [1.54, 1.807) is 12.1 Å². The van der Waals surface area contributed by atoms with E-state index in [-0.39, 0.29) is 30.7 Å². The van der Waals surface area contributed by atoms with E-state index >= 15 is 0 Å². The van der Waals surface area contributed by atoms with Gasteiger partial charge in [-0.25, -0.2) is 0 Å². The summed E-state index contributed by atoms with van der Waals surface area (Å²) in [6, 6.07) is 6.45. The lowest BCUT2D eigenvalue weighted by Gasteiger charge is -2.21. The first-order valence-electron chi connectivity index (χ1n) is 7.68. The van der Waals surface area contributed by atoms with Crippen LogP contribution in [0.15, 0.2) is 24.3 Å². The van der Waals surface area contributed by atoms with E-state index in [2.05, 4.69) is 10.6 Å². The number of carbonyl (C=O) groups excluding carboxylic acids is 2. The molecule has 1 rings (SSSR count). The first-order chi connectivity index (χ1) is 10.8. The number of hydrogen-bond donors (Lipinski definition) is 3. The van der Waals surface area contributed by atoms with Crippen LogP contribution in [0.5, 0.6) is 0 Å². The van der Waals surface area contributed by atoms with Crippen molar-refractivity contribution in [1.29, 1.82) is 0 Å². The van der Waals surface area contributed by atoms with Gasteiger partial charge in [-0.3, -0.25) is 14.4 Å². The van der Waals surface area contributed by atoms with Gasteiger partial charge in [0, 0.05) is 18.5 Å². The van der Waals surface area contributed by atoms with Crippen molar-refractivity contribution in [3.05, 3.63) is 35.4 Å². The number of carboxylic acids is 1. The molecule has 0 saturated heterocycles. The Balaban J connectivity index is 2.60. The summed E-state index contributed by atoms with van der Waals surface area (Å²) in [5, 5.41) is 14.0. The van der Waals surface area contributed by atoms with E-state index in [1.807, 2.05) is 32.9 Å². The molecule has 1 aromatic rings. The second kappa shape index (κ2) is 8.92. The van der Waals surface area contributed by atoms with Gasteiger partial charge in [-0.15, -0.1) is 0 Å². The molecule has 0 unspecified atom stereocenters. The molecular formula is C17H24N2O4. The summed E-state index contributed by atoms with van der Waals surface area (Å²) in [5.74, 6) is -1.58. The lowest BCUT2D eigenvalue weighted by Crippen LogP contribution is -2.49. The van der Waals surface area contributed by atoms with Gasteiger partial charge < -0.3 is 15.7 Å². The zero-order valence-electron chi connectivity index (χ0n) is 13.8. The number of carbonyl (C=O) groups is 3. The van der Waals surface area contributed by atoms with E-state index in [9.17, 15) is 14.4 Å². The Labute approximate surface area is 136 Å². The lowest BCUT2D eigenvalue weighted by molar-refractivity contribution is -0.137. The maximum Gasteiger partial charge on any atom is 0.303 e. The van der Waals surface area contributed by atoms with Gasteiger partial charge in [0.1, 0.15) is 6.04 Å². The second-order valence-electron chi connectivity index (χ2n) is 5.85. The predicted molar refractivity (Wildman–Crippen MR) is 87.2 cm³/mol. The van der Waals surface area contributed by atoms with Crippen LogP contribution in [0.3, 0.4) is 0 Å². The molecule has 6 nitrogen and oxygen atoms in total. The van der Waals surface area contributed by atoms with Gasteiger partial charge in [0.15, 0.2) is 0 Å². The number of nitrogens with one attached hydrogen (secondary N) is 2. The minimum absolute atomic E-state index is 0.00233. The summed E-state index contributed by atoms with van der Waals surface area (Å²) < 4.78 is 0. The minimum atomic E-state index is -0.896. The number of carboxylic acid groups (broad SMARTS) is 1. The van der Waals surface area contributed by atoms with Gasteiger partial charge in [0.05, 0.1) is 0 Å². The summed E-state index contributed by atoms with van der Waals surface area (Å²) in [5.41, 5.74) is 1.55. The third-order valence-corrected chi connectivity index (χ3v) is 3.42. The van der Waals surface area contributed by atoms with E-state index < -0.39 is 12.0 Å². The van der Waals surface area contributed by atoms with E-state index in [1.165, 1.54) is 0 Å². The molecule has 126 valence electrons. The number of benzene rings is 1. The van der Waals surface area contributed by atoms with Crippen molar-refractivity contribution in [2.75, 3.05) is 6.54 Å². The van der Waals surface area contributed by atoms with Gasteiger partial charge in [0.2, 0.25) is 5.91 Å². The SMILES string of the molecule is Cc1ccc(C(=O)N[C@@H](C(=O)NCCCC(=O)O)C(C)C)cc1. The molecule has 0 fully saturated rings. The molecular weight excluding hydrogens is 296 g/mol. The highest BCUT2D eigenvalue weighted by Crippen LogP contribution is 2.07. The van der Waals surface area contributed by atoms with Gasteiger partial charge >= 0.3 is 5.97 Å². The van der Waals surface area contributed by atoms with Crippen LogP contribution in [0.25, 0.3) is 0 Å². The zero-order chi connectivity index (χ0) is 17.4. The molecule has 0 radical (unpaired) electrons. The standard InChI is InChI=1S/C17H24N2O4/c1-11(2)15(17(23)18-10-4-5-14(20)21)19-16(22)13-8-6-12(3)7-9-13/h6-9,11,15H,4-5,10H2,1-3H3,(H,18,23)(H,19,22)(H,20,21)/t15-/m1/s1. The molecule has 2 amide bonds. The maximum atomic E-state index is 12.2. The molecule has 0 aliphatic heterocycles. The molecule has 0 spiro atoms. The van der Waals surface area contributed by atoms with Crippen molar-refractivity contribution >= 4 is 17.8 Å². The first kappa shape index (κ1) is 18.7. The number of aryl methyl sites for hydroxylation is 1. The average molecular weight is 320 g/mol. The molecule has 0 bridgehead atoms. The zero-order valence-corrected chi connectivity index (χ0v) is 13.8. The Morgan fingerprint density at radius 2 is 1.74 bits per heavy atom. The van der Waals surface area contributed by atoms with Crippen LogP contribution in [-0.2, 0) is 9.59 Å². The summed E-state index contributed by atoms with van der Waals surface area (Å²) in [4.78, 5) is 34.8. The second-order valence-corrected chi connectivity index (χ2v) is 5.85. The van der Waals surface area contributed by atoms with E-state index in [4.69, 9.17) is 5.11 Å². The third-order valence-electron chi connectivity index (χ3n) is 3.42. The summed E-state index contributed by atoms with van der Waals surface area (Å²) >= 11 is 0. The number of aliphatic carboxylic acids is 1. The van der Waals surface area contributed by atoms with Crippen molar-refractivity contribution in [3.63, 3.8) is 0 Å². The highest BCUT2D eigenvalue weighted by atomic mass is 16.4. The van der Waals surface area contributed by atoms with Gasteiger partial charge in [0.25, 0.3) is 5.91 Å². The van der Waals surface area contributed by atoms with Crippen LogP contribution in [0, 0.1) is 12.8 Å². The fourth-order valence-corrected chi connectivity index (χ4v) is 2.03. The van der Waals surface area contributed by atoms with Gasteiger partial charge in [-0.1, -0.05) is 31.5 Å². The van der Waals surface area contributed by atoms with Crippen LogP contribution in [-0.4, -0.2) is 35.5 Å². The Morgan fingerprint density at radius 3 is 2.26 bits per heavy atom. The minimum Gasteiger partial charge on any atom is -0.481 e. The smallest absolute Gasteiger partial charge is 0.303 e. The fourth-order valence-electron chi connectivity index (χ4n) is 2.03. The third kappa shape index (κ3) is 6.50. The summed E-state index contributed by atoms with van der Waals surface area (Å²) in [6.07, 6.45) is 0.361. The largest absolute Gasteiger partial charge is 0.481 e. The quantitative estimate of drug-likeness (QED) is 0.636. The van der Waals surface area contributed by atoms with Crippen molar-refractivity contribution in [2.45, 2.75) is 39.7 Å². The van der Waals surface area contributed by atoms with E-state index in [0.717, 1.165) is 5.56 Å². The average Bonchev–Trinajstić information content (AvgIpc) is 2.48. The van der Waals surface area contributed by atoms with E-state index in [0.29, 0.717) is 12.0 Å². The summed E-state index contributed by atoms with van der Waals surface area (Å²) in [7, 11) is 0. The molecule has 0 heterocycles. The Bertz CT molecular complexity index is 552. The molecule has 0 aromatic heterocycles. The Morgan fingerprint density at radius 1 is 1.13 bits per heavy atom. The topological polar surface area (TPSA) is 95.5 Å². The van der Waals surface area contributed by atoms with Crippen LogP contribution < -0.4 is 10.6 Å². The molecule has 3 N–H and O–H groups in total. The van der Waals surface area contributed by atoms with Crippen LogP contribution >= 0.6 is 0 Å². The van der Waals surface area contributed by atoms with Crippen molar-refractivity contribution in [2.24, 2.45) is 5.92 Å². The predicted octanol–water partition coefficient (Wildman–Crippen LogP) is 1.73. The normalized spacial score (nSPS) is 11.8. The molecule has 0 saturated carbocycles. The lowest BCUT2D eigenvalue weighted by atomic mass is 10.0. The number of rotatable bonds is 8. The fraction of sp³-hybridized carbons (Fsp3) is 0.471. The van der Waals surface area contributed by atoms with Crippen molar-refractivity contribution in [1.82, 2.24) is 10.6 Å². The molecule has 0 aliphatic rings. The van der Waals surface area contributed by atoms with Crippen molar-refractivity contribution < 1.29 is 19.5 Å². The van der Waals surface area contributed by atoms with Crippen LogP contribution in [0.2, 0.25) is 0 Å². The number of hydrogen-bond acceptors (Lipinski definition) is 3. The molecule has 1 atom stereocenters. The van der Waals surface area contributed by atoms with Crippen molar-refractivity contribution in [3.8, 4) is 0 Å². The highest BCUT2D eigenvalue weighted by Gasteiger charge is 2.24. The van der Waals surface area contributed by atoms with Crippen LogP contribution in [0.4, 0.5) is 0 Å². The number of amides is 2. The van der Waals surface area contributed by atoms with Gasteiger partial charge in [-0.2, -0.15) is 0 Å². The Kier molecular flexibility index (Phi) is 7.25. The molecule has 1 aromatic carbocycles. The molecule has 23 heavy (non-hydrogen) atoms. The Hall–Kier alpha value is -2.37. The molecule has 0 aliphatic carbocycles. The monoisotopic (exact) mass is 320 g/mol. The van der Waals surface area contributed by atoms with Gasteiger partial charge in [-0.05, 0) is 31.4 Å². The maximum absolute atomic E-state index is 12.2. The highest BCUT2D eigenvalue weighted by molar-refractivity contribution is 5.97. The molecule has 6 heteroatoms. The van der Waals surface area contributed by atoms with Crippen LogP contribution in [0.1, 0.15) is 42.6 Å².